The van der Waals surface area contributed by atoms with Crippen LogP contribution < -0.4 is 5.73 Å². The Morgan fingerprint density at radius 1 is 1.24 bits per heavy atom. The highest BCUT2D eigenvalue weighted by Crippen LogP contribution is 2.31. The number of carbonyl (C=O) groups is 2. The van der Waals surface area contributed by atoms with Crippen LogP contribution in [0, 0.1) is 5.92 Å². The minimum atomic E-state index is -1.04. The number of nitrogen functional groups attached to an aromatic ring is 1. The zero-order chi connectivity index (χ0) is 15.7. The van der Waals surface area contributed by atoms with Gasteiger partial charge in [0.2, 0.25) is 0 Å². The second kappa shape index (κ2) is 6.09. The summed E-state index contributed by atoms with van der Waals surface area (Å²) >= 11 is 12.0. The Morgan fingerprint density at radius 2 is 1.90 bits per heavy atom. The summed E-state index contributed by atoms with van der Waals surface area (Å²) in [6, 6.07) is 2.23. The van der Waals surface area contributed by atoms with Gasteiger partial charge in [0.25, 0.3) is 0 Å². The lowest BCUT2D eigenvalue weighted by molar-refractivity contribution is -0.142. The minimum absolute atomic E-state index is 0.0744. The van der Waals surface area contributed by atoms with E-state index in [1.54, 1.807) is 11.0 Å². The van der Waals surface area contributed by atoms with Crippen LogP contribution in [0.2, 0.25) is 10.0 Å². The molecular formula is C13H14Cl2N2O4. The van der Waals surface area contributed by atoms with Crippen molar-refractivity contribution in [1.29, 1.82) is 0 Å². The Balaban J connectivity index is 2.23. The number of likely N-dealkylation sites (tertiary alicyclic amines) is 1. The highest BCUT2D eigenvalue weighted by molar-refractivity contribution is 6.35. The van der Waals surface area contributed by atoms with E-state index in [4.69, 9.17) is 34.0 Å². The number of benzene rings is 1. The van der Waals surface area contributed by atoms with E-state index in [0.29, 0.717) is 21.3 Å². The van der Waals surface area contributed by atoms with E-state index in [-0.39, 0.29) is 19.5 Å². The quantitative estimate of drug-likeness (QED) is 0.728. The van der Waals surface area contributed by atoms with E-state index in [9.17, 15) is 14.7 Å². The molecule has 0 aromatic heterocycles. The summed E-state index contributed by atoms with van der Waals surface area (Å²) in [6.45, 7) is 0.365. The first kappa shape index (κ1) is 15.9. The van der Waals surface area contributed by atoms with Crippen molar-refractivity contribution in [3.63, 3.8) is 0 Å². The molecule has 1 aromatic rings. The molecule has 4 N–H and O–H groups in total. The monoisotopic (exact) mass is 332 g/mol. The summed E-state index contributed by atoms with van der Waals surface area (Å²) < 4.78 is 0. The summed E-state index contributed by atoms with van der Waals surface area (Å²) in [6.07, 6.45) is 0.0744. The topological polar surface area (TPSA) is 104 Å². The zero-order valence-electron chi connectivity index (χ0n) is 10.9. The maximum atomic E-state index is 11.3. The van der Waals surface area contributed by atoms with E-state index >= 15 is 0 Å². The van der Waals surface area contributed by atoms with Gasteiger partial charge < -0.3 is 15.9 Å². The van der Waals surface area contributed by atoms with Crippen molar-refractivity contribution < 1.29 is 19.8 Å². The average Bonchev–Trinajstić information content (AvgIpc) is 2.80. The Hall–Kier alpha value is -1.50. The maximum Gasteiger partial charge on any atom is 0.320 e. The van der Waals surface area contributed by atoms with Crippen molar-refractivity contribution in [2.24, 2.45) is 5.92 Å². The van der Waals surface area contributed by atoms with Crippen LogP contribution in [0.15, 0.2) is 12.1 Å². The maximum absolute atomic E-state index is 11.3. The van der Waals surface area contributed by atoms with E-state index in [1.165, 1.54) is 6.07 Å². The molecule has 1 fully saturated rings. The first-order chi connectivity index (χ1) is 9.79. The van der Waals surface area contributed by atoms with Crippen LogP contribution in [-0.2, 0) is 16.1 Å². The number of carboxylic acid groups (broad SMARTS) is 2. The van der Waals surface area contributed by atoms with Gasteiger partial charge in [0, 0.05) is 18.1 Å². The second-order valence-electron chi connectivity index (χ2n) is 5.02. The Morgan fingerprint density at radius 3 is 2.48 bits per heavy atom. The van der Waals surface area contributed by atoms with Gasteiger partial charge in [-0.15, -0.1) is 0 Å². The first-order valence-electron chi connectivity index (χ1n) is 6.22. The largest absolute Gasteiger partial charge is 0.481 e. The van der Waals surface area contributed by atoms with Crippen LogP contribution in [0.3, 0.4) is 0 Å². The molecule has 6 nitrogen and oxygen atoms in total. The van der Waals surface area contributed by atoms with Gasteiger partial charge in [0.15, 0.2) is 0 Å². The molecule has 1 heterocycles. The lowest BCUT2D eigenvalue weighted by Gasteiger charge is -2.21. The lowest BCUT2D eigenvalue weighted by atomic mass is 10.1. The molecular weight excluding hydrogens is 319 g/mol. The smallest absolute Gasteiger partial charge is 0.320 e. The Kier molecular flexibility index (Phi) is 4.61. The zero-order valence-corrected chi connectivity index (χ0v) is 12.4. The average molecular weight is 333 g/mol. The molecule has 2 unspecified atom stereocenters. The lowest BCUT2D eigenvalue weighted by Crippen LogP contribution is -2.35. The minimum Gasteiger partial charge on any atom is -0.481 e. The van der Waals surface area contributed by atoms with Crippen molar-refractivity contribution in [3.8, 4) is 0 Å². The molecule has 2 rings (SSSR count). The summed E-state index contributed by atoms with van der Waals surface area (Å²) in [7, 11) is 0. The number of nitrogens with two attached hydrogens (primary N) is 1. The van der Waals surface area contributed by atoms with Crippen LogP contribution in [0.4, 0.5) is 5.69 Å². The van der Waals surface area contributed by atoms with Crippen LogP contribution in [0.1, 0.15) is 12.0 Å². The molecule has 0 aliphatic carbocycles. The standard InChI is InChI=1S/C13H14Cl2N2O4/c14-8-3-10(16)9(15)1-6(8)4-17-5-7(12(18)19)2-11(17)13(20)21/h1,3,7,11H,2,4-5,16H2,(H,18,19)(H,20,21). The van der Waals surface area contributed by atoms with E-state index in [2.05, 4.69) is 0 Å². The van der Waals surface area contributed by atoms with E-state index in [1.807, 2.05) is 0 Å². The molecule has 8 heteroatoms. The third-order valence-corrected chi connectivity index (χ3v) is 4.26. The number of hydrogen-bond acceptors (Lipinski definition) is 4. The normalized spacial score (nSPS) is 22.4. The van der Waals surface area contributed by atoms with Gasteiger partial charge in [-0.3, -0.25) is 14.5 Å². The van der Waals surface area contributed by atoms with E-state index < -0.39 is 23.9 Å². The fourth-order valence-corrected chi connectivity index (χ4v) is 2.88. The predicted molar refractivity (Wildman–Crippen MR) is 78.5 cm³/mol. The Labute approximate surface area is 131 Å². The third-order valence-electron chi connectivity index (χ3n) is 3.58. The summed E-state index contributed by atoms with van der Waals surface area (Å²) in [5.74, 6) is -2.74. The van der Waals surface area contributed by atoms with Gasteiger partial charge in [-0.05, 0) is 24.1 Å². The molecule has 0 amide bonds. The molecule has 0 bridgehead atoms. The van der Waals surface area contributed by atoms with E-state index in [0.717, 1.165) is 0 Å². The van der Waals surface area contributed by atoms with Crippen molar-refractivity contribution in [3.05, 3.63) is 27.7 Å². The molecule has 0 saturated carbocycles. The van der Waals surface area contributed by atoms with Crippen molar-refractivity contribution >= 4 is 40.8 Å². The number of anilines is 1. The number of nitrogens with zero attached hydrogens (tertiary/aromatic N) is 1. The van der Waals surface area contributed by atoms with Gasteiger partial charge in [0.05, 0.1) is 16.6 Å². The van der Waals surface area contributed by atoms with Crippen molar-refractivity contribution in [2.75, 3.05) is 12.3 Å². The van der Waals surface area contributed by atoms with Crippen LogP contribution in [0.5, 0.6) is 0 Å². The molecule has 21 heavy (non-hydrogen) atoms. The van der Waals surface area contributed by atoms with Crippen LogP contribution in [-0.4, -0.2) is 39.6 Å². The predicted octanol–water partition coefficient (Wildman–Crippen LogP) is 1.94. The molecule has 114 valence electrons. The van der Waals surface area contributed by atoms with Gasteiger partial charge in [-0.2, -0.15) is 0 Å². The molecule has 1 aliphatic heterocycles. The molecule has 0 radical (unpaired) electrons. The second-order valence-corrected chi connectivity index (χ2v) is 5.83. The summed E-state index contributed by atoms with van der Waals surface area (Å²) in [4.78, 5) is 23.9. The number of halogens is 2. The molecule has 0 spiro atoms. The SMILES string of the molecule is Nc1cc(Cl)c(CN2CC(C(=O)O)CC2C(=O)O)cc1Cl. The van der Waals surface area contributed by atoms with Gasteiger partial charge in [-0.1, -0.05) is 23.2 Å². The number of rotatable bonds is 4. The number of carboxylic acids is 2. The molecule has 1 saturated heterocycles. The van der Waals surface area contributed by atoms with Gasteiger partial charge >= 0.3 is 11.9 Å². The first-order valence-corrected chi connectivity index (χ1v) is 6.98. The highest BCUT2D eigenvalue weighted by atomic mass is 35.5. The number of hydrogen-bond donors (Lipinski definition) is 3. The fraction of sp³-hybridized carbons (Fsp3) is 0.385. The van der Waals surface area contributed by atoms with Crippen molar-refractivity contribution in [2.45, 2.75) is 19.0 Å². The van der Waals surface area contributed by atoms with Crippen molar-refractivity contribution in [1.82, 2.24) is 4.90 Å². The summed E-state index contributed by atoms with van der Waals surface area (Å²) in [5, 5.41) is 19.0. The molecule has 2 atom stereocenters. The van der Waals surface area contributed by atoms with Gasteiger partial charge in [0.1, 0.15) is 6.04 Å². The Bertz CT molecular complexity index is 594. The highest BCUT2D eigenvalue weighted by Gasteiger charge is 2.40. The molecule has 1 aromatic carbocycles. The summed E-state index contributed by atoms with van der Waals surface area (Å²) in [5.41, 5.74) is 6.59. The van der Waals surface area contributed by atoms with Gasteiger partial charge in [-0.25, -0.2) is 0 Å². The van der Waals surface area contributed by atoms with Crippen LogP contribution in [0.25, 0.3) is 0 Å². The number of aliphatic carboxylic acids is 2. The fourth-order valence-electron chi connectivity index (χ4n) is 2.46. The van der Waals surface area contributed by atoms with Crippen LogP contribution >= 0.6 is 23.2 Å². The third kappa shape index (κ3) is 3.40. The molecule has 1 aliphatic rings.